The highest BCUT2D eigenvalue weighted by Crippen LogP contribution is 2.28. The van der Waals surface area contributed by atoms with Crippen molar-refractivity contribution in [3.05, 3.63) is 62.2 Å². The van der Waals surface area contributed by atoms with Gasteiger partial charge in [-0.05, 0) is 52.8 Å². The number of nitrogens with two attached hydrogens (primary N) is 1. The number of hydrogen-bond acceptors (Lipinski definition) is 4. The first kappa shape index (κ1) is 14.9. The van der Waals surface area contributed by atoms with E-state index >= 15 is 0 Å². The summed E-state index contributed by atoms with van der Waals surface area (Å²) < 4.78 is 2.49. The molecule has 3 aromatic rings. The van der Waals surface area contributed by atoms with Crippen molar-refractivity contribution in [2.45, 2.75) is 19.4 Å². The first-order valence-electron chi connectivity index (χ1n) is 6.74. The summed E-state index contributed by atoms with van der Waals surface area (Å²) in [6.07, 6.45) is 0.801. The summed E-state index contributed by atoms with van der Waals surface area (Å²) in [5.41, 5.74) is 6.51. The fourth-order valence-corrected chi connectivity index (χ4v) is 4.13. The Kier molecular flexibility index (Phi) is 4.54. The third kappa shape index (κ3) is 3.11. The lowest BCUT2D eigenvalue weighted by atomic mass is 10.0. The molecule has 0 aliphatic heterocycles. The Bertz CT molecular complexity index is 736. The van der Waals surface area contributed by atoms with Crippen molar-refractivity contribution in [3.63, 3.8) is 0 Å². The van der Waals surface area contributed by atoms with Crippen LogP contribution >= 0.6 is 33.9 Å². The fourth-order valence-electron chi connectivity index (χ4n) is 2.38. The van der Waals surface area contributed by atoms with Crippen LogP contribution in [0.5, 0.6) is 0 Å². The minimum Gasteiger partial charge on any atom is -0.271 e. The van der Waals surface area contributed by atoms with E-state index in [9.17, 15) is 0 Å². The molecule has 21 heavy (non-hydrogen) atoms. The SMILES string of the molecule is Cc1cccc(C(Cc2nc3ccccc3s2)NN)c1I. The van der Waals surface area contributed by atoms with Crippen LogP contribution in [0.2, 0.25) is 0 Å². The Morgan fingerprint density at radius 1 is 1.24 bits per heavy atom. The number of rotatable bonds is 4. The summed E-state index contributed by atoms with van der Waals surface area (Å²) in [4.78, 5) is 4.70. The highest BCUT2D eigenvalue weighted by molar-refractivity contribution is 14.1. The summed E-state index contributed by atoms with van der Waals surface area (Å²) in [5.74, 6) is 5.79. The number of aryl methyl sites for hydroxylation is 1. The summed E-state index contributed by atoms with van der Waals surface area (Å²) in [5, 5.41) is 1.11. The third-order valence-corrected chi connectivity index (χ3v) is 6.05. The highest BCUT2D eigenvalue weighted by atomic mass is 127. The Balaban J connectivity index is 1.92. The van der Waals surface area contributed by atoms with Gasteiger partial charge >= 0.3 is 0 Å². The van der Waals surface area contributed by atoms with Crippen LogP contribution in [0.15, 0.2) is 42.5 Å². The van der Waals surface area contributed by atoms with Crippen LogP contribution < -0.4 is 11.3 Å². The normalized spacial score (nSPS) is 12.7. The van der Waals surface area contributed by atoms with E-state index in [2.05, 4.69) is 65.3 Å². The van der Waals surface area contributed by atoms with Gasteiger partial charge in [0.2, 0.25) is 0 Å². The van der Waals surface area contributed by atoms with Gasteiger partial charge < -0.3 is 0 Å². The number of aromatic nitrogens is 1. The van der Waals surface area contributed by atoms with Gasteiger partial charge in [0, 0.05) is 9.99 Å². The van der Waals surface area contributed by atoms with Gasteiger partial charge in [-0.3, -0.25) is 11.3 Å². The van der Waals surface area contributed by atoms with Gasteiger partial charge in [-0.15, -0.1) is 11.3 Å². The number of nitrogens with one attached hydrogen (secondary N) is 1. The number of para-hydroxylation sites is 1. The second-order valence-electron chi connectivity index (χ2n) is 4.98. The van der Waals surface area contributed by atoms with E-state index in [1.807, 2.05) is 12.1 Å². The Hall–Kier alpha value is -1.02. The van der Waals surface area contributed by atoms with Gasteiger partial charge in [0.05, 0.1) is 21.3 Å². The third-order valence-electron chi connectivity index (χ3n) is 3.52. The lowest BCUT2D eigenvalue weighted by molar-refractivity contribution is 0.548. The van der Waals surface area contributed by atoms with E-state index in [4.69, 9.17) is 10.8 Å². The van der Waals surface area contributed by atoms with Crippen molar-refractivity contribution in [1.82, 2.24) is 10.4 Å². The quantitative estimate of drug-likeness (QED) is 0.390. The predicted molar refractivity (Wildman–Crippen MR) is 97.3 cm³/mol. The Labute approximate surface area is 141 Å². The molecule has 5 heteroatoms. The molecule has 1 atom stereocenters. The maximum Gasteiger partial charge on any atom is 0.0958 e. The zero-order valence-corrected chi connectivity index (χ0v) is 14.6. The molecule has 1 aromatic heterocycles. The molecule has 0 bridgehead atoms. The van der Waals surface area contributed by atoms with Crippen LogP contribution in [-0.4, -0.2) is 4.98 Å². The predicted octanol–water partition coefficient (Wildman–Crippen LogP) is 3.96. The van der Waals surface area contributed by atoms with Gasteiger partial charge in [-0.1, -0.05) is 30.3 Å². The molecule has 0 aliphatic carbocycles. The zero-order chi connectivity index (χ0) is 14.8. The van der Waals surface area contributed by atoms with Gasteiger partial charge in [0.25, 0.3) is 0 Å². The van der Waals surface area contributed by atoms with Crippen molar-refractivity contribution < 1.29 is 0 Å². The summed E-state index contributed by atoms with van der Waals surface area (Å²) >= 11 is 4.12. The first-order valence-corrected chi connectivity index (χ1v) is 8.64. The number of hydrazine groups is 1. The van der Waals surface area contributed by atoms with E-state index in [-0.39, 0.29) is 6.04 Å². The topological polar surface area (TPSA) is 50.9 Å². The molecule has 3 N–H and O–H groups in total. The van der Waals surface area contributed by atoms with Crippen LogP contribution in [-0.2, 0) is 6.42 Å². The second kappa shape index (κ2) is 6.39. The molecule has 0 saturated heterocycles. The average molecular weight is 409 g/mol. The van der Waals surface area contributed by atoms with Crippen LogP contribution in [0.25, 0.3) is 10.2 Å². The molecule has 108 valence electrons. The molecule has 0 radical (unpaired) electrons. The number of halogens is 1. The van der Waals surface area contributed by atoms with Gasteiger partial charge in [-0.2, -0.15) is 0 Å². The minimum atomic E-state index is 0.0809. The molecule has 1 unspecified atom stereocenters. The lowest BCUT2D eigenvalue weighted by Gasteiger charge is -2.17. The monoisotopic (exact) mass is 409 g/mol. The molecule has 0 fully saturated rings. The van der Waals surface area contributed by atoms with E-state index in [0.717, 1.165) is 16.9 Å². The molecule has 3 rings (SSSR count). The van der Waals surface area contributed by atoms with Crippen molar-refractivity contribution in [1.29, 1.82) is 0 Å². The van der Waals surface area contributed by atoms with Gasteiger partial charge in [0.15, 0.2) is 0 Å². The van der Waals surface area contributed by atoms with Crippen molar-refractivity contribution in [2.24, 2.45) is 5.84 Å². The summed E-state index contributed by atoms with van der Waals surface area (Å²) in [7, 11) is 0. The summed E-state index contributed by atoms with van der Waals surface area (Å²) in [6.45, 7) is 2.12. The van der Waals surface area contributed by atoms with Gasteiger partial charge in [0.1, 0.15) is 0 Å². The van der Waals surface area contributed by atoms with E-state index in [1.54, 1.807) is 11.3 Å². The molecular weight excluding hydrogens is 393 g/mol. The highest BCUT2D eigenvalue weighted by Gasteiger charge is 2.16. The fraction of sp³-hybridized carbons (Fsp3) is 0.188. The molecule has 0 saturated carbocycles. The zero-order valence-electron chi connectivity index (χ0n) is 11.6. The number of thiazole rings is 1. The maximum absolute atomic E-state index is 5.79. The van der Waals surface area contributed by atoms with Crippen molar-refractivity contribution >= 4 is 44.1 Å². The molecule has 3 nitrogen and oxygen atoms in total. The number of fused-ring (bicyclic) bond motifs is 1. The molecule has 2 aromatic carbocycles. The largest absolute Gasteiger partial charge is 0.271 e. The van der Waals surface area contributed by atoms with E-state index < -0.39 is 0 Å². The van der Waals surface area contributed by atoms with Crippen LogP contribution in [0.4, 0.5) is 0 Å². The average Bonchev–Trinajstić information content (AvgIpc) is 2.90. The van der Waals surface area contributed by atoms with Crippen LogP contribution in [0, 0.1) is 10.5 Å². The molecule has 0 aliphatic rings. The number of benzene rings is 2. The van der Waals surface area contributed by atoms with Gasteiger partial charge in [-0.25, -0.2) is 4.98 Å². The molecule has 1 heterocycles. The molecule has 0 spiro atoms. The second-order valence-corrected chi connectivity index (χ2v) is 7.17. The first-order chi connectivity index (χ1) is 10.2. The van der Waals surface area contributed by atoms with Crippen molar-refractivity contribution in [2.75, 3.05) is 0 Å². The molecule has 0 amide bonds. The Morgan fingerprint density at radius 3 is 2.81 bits per heavy atom. The van der Waals surface area contributed by atoms with Crippen molar-refractivity contribution in [3.8, 4) is 0 Å². The number of nitrogens with zero attached hydrogens (tertiary/aromatic N) is 1. The standard InChI is InChI=1S/C16H16IN3S/c1-10-5-4-6-11(16(10)17)13(20-18)9-15-19-12-7-2-3-8-14(12)21-15/h2-8,13,20H,9,18H2,1H3. The van der Waals surface area contributed by atoms with E-state index in [0.29, 0.717) is 0 Å². The van der Waals surface area contributed by atoms with Crippen LogP contribution in [0.1, 0.15) is 22.2 Å². The van der Waals surface area contributed by atoms with Crippen LogP contribution in [0.3, 0.4) is 0 Å². The maximum atomic E-state index is 5.79. The summed E-state index contributed by atoms with van der Waals surface area (Å²) in [6, 6.07) is 14.6. The molecular formula is C16H16IN3S. The Morgan fingerprint density at radius 2 is 2.05 bits per heavy atom. The minimum absolute atomic E-state index is 0.0809. The van der Waals surface area contributed by atoms with E-state index in [1.165, 1.54) is 19.4 Å². The smallest absolute Gasteiger partial charge is 0.0958 e. The lowest BCUT2D eigenvalue weighted by Crippen LogP contribution is -2.30. The number of hydrogen-bond donors (Lipinski definition) is 2.